The summed E-state index contributed by atoms with van der Waals surface area (Å²) < 4.78 is 1.63. The van der Waals surface area contributed by atoms with E-state index in [1.54, 1.807) is 4.68 Å². The number of para-hydroxylation sites is 1. The molecule has 0 aliphatic carbocycles. The minimum atomic E-state index is 0. The van der Waals surface area contributed by atoms with Gasteiger partial charge in [-0.1, -0.05) is 42.5 Å². The average molecular weight is 315 g/mol. The molecule has 3 N–H and O–H groups in total. The van der Waals surface area contributed by atoms with E-state index in [2.05, 4.69) is 34.5 Å². The SMILES string of the molecule is Cc1ccccc1CNc1nc(N)n(-c2ccccc2)n1.[Cl-]. The molecule has 0 saturated carbocycles. The highest BCUT2D eigenvalue weighted by Gasteiger charge is 2.08. The first kappa shape index (κ1) is 15.9. The van der Waals surface area contributed by atoms with Crippen molar-refractivity contribution in [2.45, 2.75) is 13.5 Å². The molecule has 0 bridgehead atoms. The molecule has 0 atom stereocenters. The van der Waals surface area contributed by atoms with Gasteiger partial charge < -0.3 is 23.5 Å². The van der Waals surface area contributed by atoms with Crippen molar-refractivity contribution in [1.82, 2.24) is 14.8 Å². The first-order chi connectivity index (χ1) is 10.2. The number of hydrogen-bond donors (Lipinski definition) is 2. The second-order valence-corrected chi connectivity index (χ2v) is 4.82. The molecular formula is C16H17ClN5-. The highest BCUT2D eigenvalue weighted by atomic mass is 35.5. The Hall–Kier alpha value is -2.53. The number of rotatable bonds is 4. The van der Waals surface area contributed by atoms with E-state index in [1.807, 2.05) is 42.5 Å². The predicted octanol–water partition coefficient (Wildman–Crippen LogP) is -0.226. The Morgan fingerprint density at radius 2 is 1.73 bits per heavy atom. The Morgan fingerprint density at radius 1 is 1.05 bits per heavy atom. The van der Waals surface area contributed by atoms with Crippen LogP contribution in [0.25, 0.3) is 5.69 Å². The van der Waals surface area contributed by atoms with Crippen LogP contribution in [-0.4, -0.2) is 14.8 Å². The summed E-state index contributed by atoms with van der Waals surface area (Å²) in [6, 6.07) is 17.9. The number of aryl methyl sites for hydroxylation is 1. The predicted molar refractivity (Wildman–Crippen MR) is 84.3 cm³/mol. The molecule has 0 amide bonds. The van der Waals surface area contributed by atoms with Gasteiger partial charge in [0.25, 0.3) is 0 Å². The van der Waals surface area contributed by atoms with Gasteiger partial charge >= 0.3 is 0 Å². The highest BCUT2D eigenvalue weighted by Crippen LogP contribution is 2.14. The second-order valence-electron chi connectivity index (χ2n) is 4.82. The van der Waals surface area contributed by atoms with Gasteiger partial charge in [-0.15, -0.1) is 5.10 Å². The maximum atomic E-state index is 5.92. The monoisotopic (exact) mass is 314 g/mol. The zero-order valence-corrected chi connectivity index (χ0v) is 13.0. The van der Waals surface area contributed by atoms with Crippen LogP contribution in [0.1, 0.15) is 11.1 Å². The maximum Gasteiger partial charge on any atom is 0.244 e. The van der Waals surface area contributed by atoms with Crippen molar-refractivity contribution in [2.24, 2.45) is 0 Å². The zero-order valence-electron chi connectivity index (χ0n) is 12.2. The van der Waals surface area contributed by atoms with Gasteiger partial charge in [0, 0.05) is 6.54 Å². The molecule has 0 saturated heterocycles. The van der Waals surface area contributed by atoms with Crippen molar-refractivity contribution in [1.29, 1.82) is 0 Å². The minimum Gasteiger partial charge on any atom is -1.00 e. The molecule has 1 aromatic heterocycles. The van der Waals surface area contributed by atoms with Gasteiger partial charge in [-0.3, -0.25) is 0 Å². The summed E-state index contributed by atoms with van der Waals surface area (Å²) >= 11 is 0. The van der Waals surface area contributed by atoms with Crippen molar-refractivity contribution in [3.05, 3.63) is 65.7 Å². The van der Waals surface area contributed by atoms with Gasteiger partial charge in [-0.25, -0.2) is 0 Å². The Morgan fingerprint density at radius 3 is 2.45 bits per heavy atom. The number of hydrogen-bond acceptors (Lipinski definition) is 4. The minimum absolute atomic E-state index is 0. The number of benzene rings is 2. The third kappa shape index (κ3) is 3.38. The van der Waals surface area contributed by atoms with Crippen molar-refractivity contribution < 1.29 is 12.4 Å². The Bertz CT molecular complexity index is 739. The molecular weight excluding hydrogens is 298 g/mol. The van der Waals surface area contributed by atoms with E-state index in [9.17, 15) is 0 Å². The first-order valence-corrected chi connectivity index (χ1v) is 6.80. The lowest BCUT2D eigenvalue weighted by atomic mass is 10.1. The van der Waals surface area contributed by atoms with Crippen LogP contribution < -0.4 is 23.5 Å². The van der Waals surface area contributed by atoms with Crippen molar-refractivity contribution in [3.63, 3.8) is 0 Å². The summed E-state index contributed by atoms with van der Waals surface area (Å²) in [5.74, 6) is 0.896. The molecule has 0 aliphatic heterocycles. The largest absolute Gasteiger partial charge is 1.00 e. The van der Waals surface area contributed by atoms with Crippen LogP contribution in [0.15, 0.2) is 54.6 Å². The standard InChI is InChI=1S/C16H17N5.ClH/c1-12-7-5-6-8-13(12)11-18-16-19-15(17)21(20-16)14-9-3-2-4-10-14;/h2-10H,11H2,1H3,(H3,17,18,19,20);1H/p-1. The van der Waals surface area contributed by atoms with Gasteiger partial charge in [-0.05, 0) is 30.2 Å². The molecule has 5 nitrogen and oxygen atoms in total. The van der Waals surface area contributed by atoms with E-state index >= 15 is 0 Å². The lowest BCUT2D eigenvalue weighted by Crippen LogP contribution is -3.00. The molecule has 22 heavy (non-hydrogen) atoms. The van der Waals surface area contributed by atoms with Crippen molar-refractivity contribution in [2.75, 3.05) is 11.1 Å². The van der Waals surface area contributed by atoms with Crippen LogP contribution >= 0.6 is 0 Å². The Balaban J connectivity index is 0.00000176. The summed E-state index contributed by atoms with van der Waals surface area (Å²) in [4.78, 5) is 4.25. The van der Waals surface area contributed by atoms with Gasteiger partial charge in [0.15, 0.2) is 0 Å². The van der Waals surface area contributed by atoms with Crippen molar-refractivity contribution in [3.8, 4) is 5.69 Å². The van der Waals surface area contributed by atoms with Crippen LogP contribution in [0.5, 0.6) is 0 Å². The molecule has 2 aromatic carbocycles. The smallest absolute Gasteiger partial charge is 0.244 e. The summed E-state index contributed by atoms with van der Waals surface area (Å²) in [6.45, 7) is 2.76. The van der Waals surface area contributed by atoms with Crippen LogP contribution in [-0.2, 0) is 6.54 Å². The third-order valence-electron chi connectivity index (χ3n) is 3.33. The van der Waals surface area contributed by atoms with Gasteiger partial charge in [0.2, 0.25) is 11.9 Å². The molecule has 0 fully saturated rings. The molecule has 0 spiro atoms. The molecule has 114 valence electrons. The van der Waals surface area contributed by atoms with Crippen LogP contribution in [0.2, 0.25) is 0 Å². The molecule has 1 heterocycles. The number of aromatic nitrogens is 3. The third-order valence-corrected chi connectivity index (χ3v) is 3.33. The summed E-state index contributed by atoms with van der Waals surface area (Å²) in [5, 5.41) is 7.60. The lowest BCUT2D eigenvalue weighted by molar-refractivity contribution is -0.00000450. The number of anilines is 2. The first-order valence-electron chi connectivity index (χ1n) is 6.80. The van der Waals surface area contributed by atoms with E-state index in [0.29, 0.717) is 18.4 Å². The number of nitrogen functional groups attached to an aromatic ring is 1. The fraction of sp³-hybridized carbons (Fsp3) is 0.125. The number of nitrogens with zero attached hydrogens (tertiary/aromatic N) is 3. The van der Waals surface area contributed by atoms with Crippen LogP contribution in [0.3, 0.4) is 0 Å². The molecule has 6 heteroatoms. The molecule has 3 aromatic rings. The van der Waals surface area contributed by atoms with Gasteiger partial charge in [0.05, 0.1) is 5.69 Å². The Labute approximate surface area is 135 Å². The van der Waals surface area contributed by atoms with Gasteiger partial charge in [-0.2, -0.15) is 9.67 Å². The van der Waals surface area contributed by atoms with Gasteiger partial charge in [0.1, 0.15) is 0 Å². The number of halogens is 1. The summed E-state index contributed by atoms with van der Waals surface area (Å²) in [7, 11) is 0. The zero-order chi connectivity index (χ0) is 14.7. The summed E-state index contributed by atoms with van der Waals surface area (Å²) in [6.07, 6.45) is 0. The van der Waals surface area contributed by atoms with Crippen molar-refractivity contribution >= 4 is 11.9 Å². The van der Waals surface area contributed by atoms with E-state index in [1.165, 1.54) is 11.1 Å². The van der Waals surface area contributed by atoms with Crippen LogP contribution in [0.4, 0.5) is 11.9 Å². The molecule has 0 unspecified atom stereocenters. The summed E-state index contributed by atoms with van der Waals surface area (Å²) in [5.41, 5.74) is 9.27. The molecule has 0 aliphatic rings. The molecule has 0 radical (unpaired) electrons. The average Bonchev–Trinajstić information content (AvgIpc) is 2.88. The fourth-order valence-corrected chi connectivity index (χ4v) is 2.14. The quantitative estimate of drug-likeness (QED) is 0.698. The maximum absolute atomic E-state index is 5.92. The highest BCUT2D eigenvalue weighted by molar-refractivity contribution is 5.42. The second kappa shape index (κ2) is 6.95. The van der Waals surface area contributed by atoms with Crippen LogP contribution in [0, 0.1) is 6.92 Å². The van der Waals surface area contributed by atoms with E-state index in [0.717, 1.165) is 5.69 Å². The number of nitrogens with two attached hydrogens (primary N) is 1. The van der Waals surface area contributed by atoms with E-state index < -0.39 is 0 Å². The lowest BCUT2D eigenvalue weighted by Gasteiger charge is -2.05. The number of nitrogens with one attached hydrogen (secondary N) is 1. The molecule has 3 rings (SSSR count). The van der Waals surface area contributed by atoms with E-state index in [4.69, 9.17) is 5.73 Å². The normalized spacial score (nSPS) is 10.0. The van der Waals surface area contributed by atoms with E-state index in [-0.39, 0.29) is 12.4 Å². The fourth-order valence-electron chi connectivity index (χ4n) is 2.14. The topological polar surface area (TPSA) is 68.8 Å². The Kier molecular flexibility index (Phi) is 5.01.